The number of alkyl halides is 3. The minimum absolute atomic E-state index is 0.0391. The van der Waals surface area contributed by atoms with Crippen molar-refractivity contribution in [2.75, 3.05) is 7.05 Å². The topological polar surface area (TPSA) is 46.3 Å². The highest BCUT2D eigenvalue weighted by molar-refractivity contribution is 7.80. The van der Waals surface area contributed by atoms with E-state index in [4.69, 9.17) is 18.0 Å². The second kappa shape index (κ2) is 6.74. The molecule has 1 atom stereocenters. The van der Waals surface area contributed by atoms with Gasteiger partial charge in [0.1, 0.15) is 0 Å². The van der Waals surface area contributed by atoms with Crippen LogP contribution in [0.15, 0.2) is 0 Å². The summed E-state index contributed by atoms with van der Waals surface area (Å²) >= 11 is 4.81. The monoisotopic (exact) mass is 310 g/mol. The summed E-state index contributed by atoms with van der Waals surface area (Å²) in [5.41, 5.74) is 5.44. The van der Waals surface area contributed by atoms with E-state index in [0.717, 1.165) is 0 Å². The van der Waals surface area contributed by atoms with Crippen molar-refractivity contribution in [2.24, 2.45) is 17.6 Å². The molecule has 0 aliphatic heterocycles. The molecule has 0 radical (unpaired) electrons. The van der Waals surface area contributed by atoms with Gasteiger partial charge in [-0.25, -0.2) is 0 Å². The zero-order valence-electron chi connectivity index (χ0n) is 11.7. The molecule has 1 saturated carbocycles. The van der Waals surface area contributed by atoms with Crippen molar-refractivity contribution in [3.05, 3.63) is 0 Å². The molecule has 20 heavy (non-hydrogen) atoms. The summed E-state index contributed by atoms with van der Waals surface area (Å²) in [6.45, 7) is 1.83. The van der Waals surface area contributed by atoms with Crippen molar-refractivity contribution in [2.45, 2.75) is 51.2 Å². The number of halogens is 3. The third-order valence-corrected chi connectivity index (χ3v) is 4.21. The molecule has 0 aromatic carbocycles. The summed E-state index contributed by atoms with van der Waals surface area (Å²) in [5, 5.41) is 0. The normalized spacial score (nSPS) is 25.1. The van der Waals surface area contributed by atoms with Crippen molar-refractivity contribution in [3.8, 4) is 0 Å². The van der Waals surface area contributed by atoms with Gasteiger partial charge in [0.15, 0.2) is 0 Å². The second-order valence-electron chi connectivity index (χ2n) is 5.56. The van der Waals surface area contributed by atoms with E-state index in [1.54, 1.807) is 11.9 Å². The predicted molar refractivity (Wildman–Crippen MR) is 75.1 cm³/mol. The second-order valence-corrected chi connectivity index (χ2v) is 6.08. The first kappa shape index (κ1) is 17.2. The van der Waals surface area contributed by atoms with Crippen molar-refractivity contribution in [1.29, 1.82) is 0 Å². The van der Waals surface area contributed by atoms with Crippen LogP contribution in [0, 0.1) is 11.8 Å². The van der Waals surface area contributed by atoms with Gasteiger partial charge in [0.25, 0.3) is 0 Å². The quantitative estimate of drug-likeness (QED) is 0.812. The van der Waals surface area contributed by atoms with Gasteiger partial charge in [-0.1, -0.05) is 12.2 Å². The number of nitrogens with two attached hydrogens (primary N) is 1. The van der Waals surface area contributed by atoms with Gasteiger partial charge >= 0.3 is 6.18 Å². The molecule has 0 aromatic rings. The lowest BCUT2D eigenvalue weighted by atomic mass is 9.81. The Morgan fingerprint density at radius 1 is 1.35 bits per heavy atom. The first-order valence-electron chi connectivity index (χ1n) is 6.74. The van der Waals surface area contributed by atoms with E-state index >= 15 is 0 Å². The Morgan fingerprint density at radius 3 is 2.25 bits per heavy atom. The van der Waals surface area contributed by atoms with Crippen molar-refractivity contribution in [1.82, 2.24) is 4.90 Å². The van der Waals surface area contributed by atoms with Gasteiger partial charge in [0, 0.05) is 25.4 Å². The number of rotatable bonds is 4. The zero-order valence-corrected chi connectivity index (χ0v) is 12.6. The van der Waals surface area contributed by atoms with Gasteiger partial charge in [0.2, 0.25) is 5.91 Å². The molecule has 1 aliphatic rings. The van der Waals surface area contributed by atoms with E-state index in [9.17, 15) is 18.0 Å². The number of hydrogen-bond acceptors (Lipinski definition) is 2. The average Bonchev–Trinajstić information content (AvgIpc) is 2.35. The van der Waals surface area contributed by atoms with Gasteiger partial charge in [-0.3, -0.25) is 4.79 Å². The van der Waals surface area contributed by atoms with Crippen LogP contribution in [-0.4, -0.2) is 35.1 Å². The Bertz CT molecular complexity index is 365. The largest absolute Gasteiger partial charge is 0.393 e. The summed E-state index contributed by atoms with van der Waals surface area (Å²) in [6.07, 6.45) is -3.04. The summed E-state index contributed by atoms with van der Waals surface area (Å²) in [5.74, 6) is -1.67. The smallest absolute Gasteiger partial charge is 0.391 e. The van der Waals surface area contributed by atoms with Crippen LogP contribution < -0.4 is 5.73 Å². The maximum atomic E-state index is 12.6. The first-order chi connectivity index (χ1) is 9.12. The van der Waals surface area contributed by atoms with Crippen molar-refractivity contribution in [3.63, 3.8) is 0 Å². The van der Waals surface area contributed by atoms with Crippen LogP contribution in [0.5, 0.6) is 0 Å². The fraction of sp³-hybridized carbons (Fsp3) is 0.846. The van der Waals surface area contributed by atoms with E-state index in [2.05, 4.69) is 0 Å². The molecule has 1 unspecified atom stereocenters. The Balaban J connectivity index is 2.52. The first-order valence-corrected chi connectivity index (χ1v) is 7.15. The van der Waals surface area contributed by atoms with Gasteiger partial charge in [-0.05, 0) is 32.6 Å². The van der Waals surface area contributed by atoms with Crippen molar-refractivity contribution >= 4 is 23.1 Å². The molecule has 0 spiro atoms. The molecule has 0 bridgehead atoms. The summed E-state index contributed by atoms with van der Waals surface area (Å²) in [7, 11) is 1.65. The third kappa shape index (κ3) is 4.61. The Morgan fingerprint density at radius 2 is 1.85 bits per heavy atom. The molecule has 3 nitrogen and oxygen atoms in total. The minimum atomic E-state index is -4.14. The summed E-state index contributed by atoms with van der Waals surface area (Å²) in [4.78, 5) is 14.1. The maximum Gasteiger partial charge on any atom is 0.391 e. The Hall–Kier alpha value is -0.850. The Labute approximate surface area is 122 Å². The molecule has 0 aromatic heterocycles. The van der Waals surface area contributed by atoms with Crippen LogP contribution >= 0.6 is 12.2 Å². The van der Waals surface area contributed by atoms with E-state index in [0.29, 0.717) is 24.3 Å². The van der Waals surface area contributed by atoms with Gasteiger partial charge in [-0.15, -0.1) is 0 Å². The fourth-order valence-corrected chi connectivity index (χ4v) is 2.84. The molecule has 116 valence electrons. The van der Waals surface area contributed by atoms with Gasteiger partial charge in [-0.2, -0.15) is 13.2 Å². The van der Waals surface area contributed by atoms with Gasteiger partial charge in [0.05, 0.1) is 10.9 Å². The van der Waals surface area contributed by atoms with E-state index in [1.807, 2.05) is 6.92 Å². The zero-order chi connectivity index (χ0) is 15.5. The molecule has 1 fully saturated rings. The van der Waals surface area contributed by atoms with Crippen LogP contribution in [0.4, 0.5) is 13.2 Å². The molecular formula is C13H21F3N2OS. The van der Waals surface area contributed by atoms with E-state index in [-0.39, 0.29) is 30.7 Å². The van der Waals surface area contributed by atoms with Crippen LogP contribution in [0.1, 0.15) is 39.0 Å². The van der Waals surface area contributed by atoms with Crippen LogP contribution in [-0.2, 0) is 4.79 Å². The fourth-order valence-electron chi connectivity index (χ4n) is 2.60. The van der Waals surface area contributed by atoms with E-state index in [1.165, 1.54) is 0 Å². The molecule has 2 N–H and O–H groups in total. The highest BCUT2D eigenvalue weighted by Crippen LogP contribution is 2.40. The predicted octanol–water partition coefficient (Wildman–Crippen LogP) is 2.88. The Kier molecular flexibility index (Phi) is 5.79. The summed E-state index contributed by atoms with van der Waals surface area (Å²) in [6, 6.07) is -0.125. The standard InChI is InChI=1S/C13H21F3N2OS/c1-8(7-11(17)20)18(2)12(19)9-3-5-10(6-4-9)13(14,15)16/h8-10H,3-7H2,1-2H3,(H2,17,20). The average molecular weight is 310 g/mol. The molecule has 1 amide bonds. The number of carbonyl (C=O) groups excluding carboxylic acids is 1. The molecule has 1 rings (SSSR count). The van der Waals surface area contributed by atoms with Gasteiger partial charge < -0.3 is 10.6 Å². The van der Waals surface area contributed by atoms with Crippen LogP contribution in [0.2, 0.25) is 0 Å². The third-order valence-electron chi connectivity index (χ3n) is 4.04. The lowest BCUT2D eigenvalue weighted by Gasteiger charge is -2.33. The lowest BCUT2D eigenvalue weighted by molar-refractivity contribution is -0.185. The van der Waals surface area contributed by atoms with Crippen LogP contribution in [0.25, 0.3) is 0 Å². The van der Waals surface area contributed by atoms with E-state index < -0.39 is 12.1 Å². The van der Waals surface area contributed by atoms with Crippen LogP contribution in [0.3, 0.4) is 0 Å². The maximum absolute atomic E-state index is 12.6. The number of thiocarbonyl (C=S) groups is 1. The molecule has 0 saturated heterocycles. The highest BCUT2D eigenvalue weighted by Gasteiger charge is 2.42. The molecule has 1 aliphatic carbocycles. The highest BCUT2D eigenvalue weighted by atomic mass is 32.1. The van der Waals surface area contributed by atoms with Crippen molar-refractivity contribution < 1.29 is 18.0 Å². The lowest BCUT2D eigenvalue weighted by Crippen LogP contribution is -2.42. The number of hydrogen-bond donors (Lipinski definition) is 1. The minimum Gasteiger partial charge on any atom is -0.393 e. The summed E-state index contributed by atoms with van der Waals surface area (Å²) < 4.78 is 37.7. The molecule has 7 heteroatoms. The SMILES string of the molecule is CC(CC(N)=S)N(C)C(=O)C1CCC(C(F)(F)F)CC1. The number of nitrogens with zero attached hydrogens (tertiary/aromatic N) is 1. The molecule has 0 heterocycles. The molecular weight excluding hydrogens is 289 g/mol. The number of amides is 1. The number of carbonyl (C=O) groups is 1.